The fraction of sp³-hybridized carbons (Fsp3) is 0.900. The van der Waals surface area contributed by atoms with E-state index in [0.29, 0.717) is 5.41 Å². The second-order valence-electron chi connectivity index (χ2n) is 4.66. The first-order chi connectivity index (χ1) is 6.63. The first kappa shape index (κ1) is 9.93. The molecule has 0 aromatic heterocycles. The summed E-state index contributed by atoms with van der Waals surface area (Å²) in [7, 11) is 0. The summed E-state index contributed by atoms with van der Waals surface area (Å²) in [4.78, 5) is 15.0. The van der Waals surface area contributed by atoms with Gasteiger partial charge in [0, 0.05) is 25.0 Å². The molecule has 0 unspecified atom stereocenters. The molecule has 1 N–H and O–H groups in total. The highest BCUT2D eigenvalue weighted by atomic mass is 16.4. The Morgan fingerprint density at radius 3 is 2.50 bits per heavy atom. The lowest BCUT2D eigenvalue weighted by Gasteiger charge is -2.47. The largest absolute Gasteiger partial charge is 0.480 e. The lowest BCUT2D eigenvalue weighted by Crippen LogP contribution is -2.58. The third-order valence-corrected chi connectivity index (χ3v) is 3.44. The summed E-state index contributed by atoms with van der Waals surface area (Å²) in [6.45, 7) is 7.85. The number of carboxylic acid groups (broad SMARTS) is 1. The average Bonchev–Trinajstić information content (AvgIpc) is 2.47. The molecule has 0 aliphatic carbocycles. The maximum absolute atomic E-state index is 10.5. The van der Waals surface area contributed by atoms with Crippen molar-refractivity contribution in [1.82, 2.24) is 9.80 Å². The third kappa shape index (κ3) is 1.77. The molecular formula is C10H18N2O2. The van der Waals surface area contributed by atoms with Crippen LogP contribution in [0.25, 0.3) is 0 Å². The molecule has 0 atom stereocenters. The molecule has 2 aliphatic rings. The van der Waals surface area contributed by atoms with Gasteiger partial charge in [-0.05, 0) is 19.5 Å². The molecule has 2 heterocycles. The predicted molar refractivity (Wildman–Crippen MR) is 53.2 cm³/mol. The van der Waals surface area contributed by atoms with E-state index in [9.17, 15) is 4.79 Å². The summed E-state index contributed by atoms with van der Waals surface area (Å²) < 4.78 is 0. The summed E-state index contributed by atoms with van der Waals surface area (Å²) >= 11 is 0. The van der Waals surface area contributed by atoms with Crippen LogP contribution in [0.4, 0.5) is 0 Å². The van der Waals surface area contributed by atoms with E-state index < -0.39 is 5.97 Å². The Morgan fingerprint density at radius 2 is 2.00 bits per heavy atom. The Morgan fingerprint density at radius 1 is 1.36 bits per heavy atom. The molecule has 0 amide bonds. The number of rotatable bonds is 3. The number of aliphatic carboxylic acids is 1. The Balaban J connectivity index is 1.79. The van der Waals surface area contributed by atoms with E-state index >= 15 is 0 Å². The lowest BCUT2D eigenvalue weighted by molar-refractivity contribution is -0.141. The summed E-state index contributed by atoms with van der Waals surface area (Å²) in [5.74, 6) is -0.704. The molecular weight excluding hydrogens is 180 g/mol. The highest BCUT2D eigenvalue weighted by Crippen LogP contribution is 2.38. The second kappa shape index (κ2) is 3.51. The Labute approximate surface area is 84.5 Å². The monoisotopic (exact) mass is 198 g/mol. The molecule has 2 fully saturated rings. The first-order valence-corrected chi connectivity index (χ1v) is 5.30. The molecule has 0 aromatic rings. The van der Waals surface area contributed by atoms with E-state index in [1.54, 1.807) is 0 Å². The molecule has 1 spiro atoms. The normalized spacial score (nSPS) is 26.6. The van der Waals surface area contributed by atoms with Crippen LogP contribution in [0.1, 0.15) is 13.3 Å². The highest BCUT2D eigenvalue weighted by Gasteiger charge is 2.47. The van der Waals surface area contributed by atoms with Gasteiger partial charge in [-0.1, -0.05) is 6.92 Å². The van der Waals surface area contributed by atoms with Crippen molar-refractivity contribution in [3.05, 3.63) is 0 Å². The van der Waals surface area contributed by atoms with Crippen LogP contribution in [0, 0.1) is 5.41 Å². The Hall–Kier alpha value is -0.610. The molecule has 2 saturated heterocycles. The van der Waals surface area contributed by atoms with Crippen LogP contribution in [-0.4, -0.2) is 60.1 Å². The molecule has 14 heavy (non-hydrogen) atoms. The third-order valence-electron chi connectivity index (χ3n) is 3.44. The number of nitrogens with zero attached hydrogens (tertiary/aromatic N) is 2. The van der Waals surface area contributed by atoms with Gasteiger partial charge in [0.25, 0.3) is 0 Å². The van der Waals surface area contributed by atoms with Crippen molar-refractivity contribution in [3.8, 4) is 0 Å². The van der Waals surface area contributed by atoms with E-state index in [0.717, 1.165) is 19.6 Å². The zero-order chi connectivity index (χ0) is 10.2. The number of hydrogen-bond acceptors (Lipinski definition) is 3. The molecule has 4 heteroatoms. The fourth-order valence-electron chi connectivity index (χ4n) is 2.76. The summed E-state index contributed by atoms with van der Waals surface area (Å²) in [6, 6.07) is 0. The lowest BCUT2D eigenvalue weighted by atomic mass is 9.79. The number of hydrogen-bond donors (Lipinski definition) is 1. The average molecular weight is 198 g/mol. The van der Waals surface area contributed by atoms with Crippen LogP contribution < -0.4 is 0 Å². The minimum Gasteiger partial charge on any atom is -0.480 e. The molecule has 4 nitrogen and oxygen atoms in total. The zero-order valence-electron chi connectivity index (χ0n) is 8.70. The van der Waals surface area contributed by atoms with Crippen molar-refractivity contribution in [1.29, 1.82) is 0 Å². The minimum atomic E-state index is -0.704. The molecule has 2 rings (SSSR count). The van der Waals surface area contributed by atoms with Gasteiger partial charge in [-0.2, -0.15) is 0 Å². The Bertz CT molecular complexity index is 236. The van der Waals surface area contributed by atoms with Gasteiger partial charge in [0.05, 0.1) is 6.54 Å². The molecule has 0 radical (unpaired) electrons. The maximum atomic E-state index is 10.5. The van der Waals surface area contributed by atoms with E-state index in [4.69, 9.17) is 5.11 Å². The van der Waals surface area contributed by atoms with E-state index in [2.05, 4.69) is 11.8 Å². The minimum absolute atomic E-state index is 0.216. The predicted octanol–water partition coefficient (Wildman–Crippen LogP) is 0.0986. The van der Waals surface area contributed by atoms with Crippen molar-refractivity contribution in [2.24, 2.45) is 5.41 Å². The number of likely N-dealkylation sites (tertiary alicyclic amines) is 2. The van der Waals surface area contributed by atoms with Crippen molar-refractivity contribution in [3.63, 3.8) is 0 Å². The second-order valence-corrected chi connectivity index (χ2v) is 4.66. The van der Waals surface area contributed by atoms with Crippen LogP contribution in [0.2, 0.25) is 0 Å². The highest BCUT2D eigenvalue weighted by molar-refractivity contribution is 5.69. The van der Waals surface area contributed by atoms with Gasteiger partial charge in [-0.25, -0.2) is 0 Å². The SMILES string of the molecule is CCN1CCC2(C1)CN(CC(=O)O)C2. The zero-order valence-corrected chi connectivity index (χ0v) is 8.70. The van der Waals surface area contributed by atoms with E-state index in [1.807, 2.05) is 4.90 Å². The van der Waals surface area contributed by atoms with Gasteiger partial charge in [0.15, 0.2) is 0 Å². The van der Waals surface area contributed by atoms with Gasteiger partial charge >= 0.3 is 5.97 Å². The number of carbonyl (C=O) groups is 1. The quantitative estimate of drug-likeness (QED) is 0.698. The molecule has 2 aliphatic heterocycles. The van der Waals surface area contributed by atoms with Gasteiger partial charge in [0.1, 0.15) is 0 Å². The van der Waals surface area contributed by atoms with Crippen LogP contribution in [0.15, 0.2) is 0 Å². The molecule has 80 valence electrons. The van der Waals surface area contributed by atoms with E-state index in [-0.39, 0.29) is 6.54 Å². The fourth-order valence-corrected chi connectivity index (χ4v) is 2.76. The maximum Gasteiger partial charge on any atom is 0.317 e. The number of carboxylic acids is 1. The van der Waals surface area contributed by atoms with Gasteiger partial charge < -0.3 is 10.0 Å². The van der Waals surface area contributed by atoms with Gasteiger partial charge in [-0.3, -0.25) is 9.69 Å². The van der Waals surface area contributed by atoms with Crippen molar-refractivity contribution in [2.45, 2.75) is 13.3 Å². The smallest absolute Gasteiger partial charge is 0.317 e. The molecule has 0 aromatic carbocycles. The van der Waals surface area contributed by atoms with Crippen molar-refractivity contribution in [2.75, 3.05) is 39.3 Å². The summed E-state index contributed by atoms with van der Waals surface area (Å²) in [5, 5.41) is 8.63. The van der Waals surface area contributed by atoms with Crippen LogP contribution in [0.3, 0.4) is 0 Å². The van der Waals surface area contributed by atoms with E-state index in [1.165, 1.54) is 19.5 Å². The summed E-state index contributed by atoms with van der Waals surface area (Å²) in [6.07, 6.45) is 1.25. The first-order valence-electron chi connectivity index (χ1n) is 5.30. The Kier molecular flexibility index (Phi) is 2.49. The van der Waals surface area contributed by atoms with Crippen molar-refractivity contribution >= 4 is 5.97 Å². The molecule has 0 bridgehead atoms. The van der Waals surface area contributed by atoms with Crippen LogP contribution >= 0.6 is 0 Å². The van der Waals surface area contributed by atoms with Crippen molar-refractivity contribution < 1.29 is 9.90 Å². The van der Waals surface area contributed by atoms with Crippen LogP contribution in [-0.2, 0) is 4.79 Å². The van der Waals surface area contributed by atoms with Gasteiger partial charge in [0.2, 0.25) is 0 Å². The topological polar surface area (TPSA) is 43.8 Å². The van der Waals surface area contributed by atoms with Gasteiger partial charge in [-0.15, -0.1) is 0 Å². The standard InChI is InChI=1S/C10H18N2O2/c1-2-11-4-3-10(6-11)7-12(8-10)5-9(13)14/h2-8H2,1H3,(H,13,14). The summed E-state index contributed by atoms with van der Waals surface area (Å²) in [5.41, 5.74) is 0.436. The van der Waals surface area contributed by atoms with Crippen LogP contribution in [0.5, 0.6) is 0 Å². The molecule has 0 saturated carbocycles.